The fraction of sp³-hybridized carbons (Fsp3) is 0.391. The number of piperidine rings is 1. The number of aromatic nitrogens is 1. The number of rotatable bonds is 1. The normalized spacial score (nSPS) is 30.4. The molecule has 0 amide bonds. The second-order valence-electron chi connectivity index (χ2n) is 8.60. The Kier molecular flexibility index (Phi) is 3.12. The number of hydrogen-bond donors (Lipinski definition) is 4. The first-order valence-corrected chi connectivity index (χ1v) is 10.0. The van der Waals surface area contributed by atoms with Crippen LogP contribution in [0.15, 0.2) is 36.4 Å². The lowest BCUT2D eigenvalue weighted by Gasteiger charge is -2.60. The first-order valence-electron chi connectivity index (χ1n) is 10.0. The predicted octanol–water partition coefficient (Wildman–Crippen LogP) is 2.57. The highest BCUT2D eigenvalue weighted by molar-refractivity contribution is 5.85. The number of aromatic amines is 1. The summed E-state index contributed by atoms with van der Waals surface area (Å²) in [6.07, 6.45) is 2.77. The van der Waals surface area contributed by atoms with Crippen LogP contribution in [0.3, 0.4) is 0 Å². The van der Waals surface area contributed by atoms with E-state index < -0.39 is 11.0 Å². The molecular formula is C23H24N2O3. The maximum Gasteiger partial charge on any atom is 0.161 e. The summed E-state index contributed by atoms with van der Waals surface area (Å²) in [6, 6.07) is 12.2. The maximum atomic E-state index is 12.2. The molecule has 2 bridgehead atoms. The Morgan fingerprint density at radius 2 is 2.00 bits per heavy atom. The number of aliphatic hydroxyl groups is 1. The molecule has 1 saturated heterocycles. The van der Waals surface area contributed by atoms with Crippen LogP contribution in [0.2, 0.25) is 0 Å². The molecule has 2 aliphatic carbocycles. The summed E-state index contributed by atoms with van der Waals surface area (Å²) in [5, 5.41) is 28.1. The molecule has 5 heteroatoms. The number of phenols is 1. The van der Waals surface area contributed by atoms with Gasteiger partial charge in [0.2, 0.25) is 0 Å². The minimum absolute atomic E-state index is 0.0247. The van der Waals surface area contributed by atoms with E-state index >= 15 is 0 Å². The molecular weight excluding hydrogens is 352 g/mol. The number of fused-ring (bicyclic) bond motifs is 4. The number of hydrogen-bond acceptors (Lipinski definition) is 4. The van der Waals surface area contributed by atoms with Crippen LogP contribution in [0, 0.1) is 0 Å². The molecule has 0 saturated carbocycles. The highest BCUT2D eigenvalue weighted by Crippen LogP contribution is 2.58. The van der Waals surface area contributed by atoms with Crippen LogP contribution >= 0.6 is 0 Å². The van der Waals surface area contributed by atoms with Gasteiger partial charge in [-0.15, -0.1) is 0 Å². The van der Waals surface area contributed by atoms with Crippen molar-refractivity contribution in [3.63, 3.8) is 0 Å². The van der Waals surface area contributed by atoms with E-state index in [1.165, 1.54) is 16.6 Å². The molecule has 1 fully saturated rings. The molecule has 2 heterocycles. The largest absolute Gasteiger partial charge is 0.504 e. The summed E-state index contributed by atoms with van der Waals surface area (Å²) in [6.45, 7) is 0.832. The molecule has 28 heavy (non-hydrogen) atoms. The summed E-state index contributed by atoms with van der Waals surface area (Å²) < 4.78 is 5.42. The van der Waals surface area contributed by atoms with E-state index in [1.54, 1.807) is 7.11 Å². The van der Waals surface area contributed by atoms with Crippen molar-refractivity contribution in [3.05, 3.63) is 58.8 Å². The van der Waals surface area contributed by atoms with E-state index in [0.29, 0.717) is 25.0 Å². The summed E-state index contributed by atoms with van der Waals surface area (Å²) in [7, 11) is 1.58. The van der Waals surface area contributed by atoms with Crippen LogP contribution in [0.4, 0.5) is 0 Å². The molecule has 0 radical (unpaired) electrons. The molecule has 1 aliphatic heterocycles. The first kappa shape index (κ1) is 16.5. The highest BCUT2D eigenvalue weighted by atomic mass is 16.5. The SMILES string of the molecule is COc1ccc2c(c1O)[C@]13CCN[C@@H](C2)[C@]1(O)Cc1c([nH]c2ccccc12)C3. The third-order valence-corrected chi connectivity index (χ3v) is 7.52. The van der Waals surface area contributed by atoms with Gasteiger partial charge in [0.25, 0.3) is 0 Å². The van der Waals surface area contributed by atoms with Gasteiger partial charge in [-0.2, -0.15) is 0 Å². The van der Waals surface area contributed by atoms with E-state index in [1.807, 2.05) is 12.1 Å². The average molecular weight is 376 g/mol. The molecule has 2 aromatic carbocycles. The van der Waals surface area contributed by atoms with Gasteiger partial charge in [0, 0.05) is 46.5 Å². The van der Waals surface area contributed by atoms with Gasteiger partial charge in [0.05, 0.1) is 12.7 Å². The maximum absolute atomic E-state index is 12.2. The molecule has 6 rings (SSSR count). The van der Waals surface area contributed by atoms with Gasteiger partial charge < -0.3 is 25.3 Å². The van der Waals surface area contributed by atoms with Gasteiger partial charge in [-0.05, 0) is 42.6 Å². The molecule has 5 nitrogen and oxygen atoms in total. The van der Waals surface area contributed by atoms with Crippen LogP contribution < -0.4 is 10.1 Å². The molecule has 0 spiro atoms. The van der Waals surface area contributed by atoms with Gasteiger partial charge in [0.1, 0.15) is 0 Å². The topological polar surface area (TPSA) is 77.5 Å². The Hall–Kier alpha value is -2.50. The molecule has 3 aromatic rings. The van der Waals surface area contributed by atoms with Gasteiger partial charge in [-0.3, -0.25) is 0 Å². The van der Waals surface area contributed by atoms with Gasteiger partial charge in [-0.1, -0.05) is 24.3 Å². The van der Waals surface area contributed by atoms with Crippen molar-refractivity contribution in [2.24, 2.45) is 0 Å². The summed E-state index contributed by atoms with van der Waals surface area (Å²) >= 11 is 0. The number of methoxy groups -OCH3 is 1. The molecule has 144 valence electrons. The number of para-hydroxylation sites is 1. The first-order chi connectivity index (χ1) is 13.6. The Balaban J connectivity index is 1.65. The van der Waals surface area contributed by atoms with Gasteiger partial charge in [-0.25, -0.2) is 0 Å². The molecule has 3 aliphatic rings. The van der Waals surface area contributed by atoms with Gasteiger partial charge in [0.15, 0.2) is 11.5 Å². The minimum atomic E-state index is -0.944. The Morgan fingerprint density at radius 3 is 2.86 bits per heavy atom. The van der Waals surface area contributed by atoms with Crippen molar-refractivity contribution in [1.29, 1.82) is 0 Å². The molecule has 1 aromatic heterocycles. The lowest BCUT2D eigenvalue weighted by atomic mass is 9.49. The fourth-order valence-electron chi connectivity index (χ4n) is 6.27. The third-order valence-electron chi connectivity index (χ3n) is 7.52. The van der Waals surface area contributed by atoms with Crippen LogP contribution in [0.5, 0.6) is 11.5 Å². The van der Waals surface area contributed by atoms with Crippen LogP contribution in [-0.2, 0) is 24.7 Å². The molecule has 4 N–H and O–H groups in total. The van der Waals surface area contributed by atoms with Crippen molar-refractivity contribution in [2.75, 3.05) is 13.7 Å². The summed E-state index contributed by atoms with van der Waals surface area (Å²) in [4.78, 5) is 3.60. The smallest absolute Gasteiger partial charge is 0.161 e. The third kappa shape index (κ3) is 1.79. The number of H-pyrrole nitrogens is 1. The van der Waals surface area contributed by atoms with Crippen LogP contribution in [0.1, 0.15) is 28.8 Å². The monoisotopic (exact) mass is 376 g/mol. The standard InChI is InChI=1S/C23H24N2O3/c1-28-18-7-6-13-10-19-23(27)11-15-14-4-2-3-5-16(14)25-17(15)12-22(23,8-9-24-19)20(13)21(18)26/h2-7,19,24-27H,8-12H2,1H3/t19-,22+,23+/m0/s1. The van der Waals surface area contributed by atoms with Crippen molar-refractivity contribution < 1.29 is 14.9 Å². The number of benzene rings is 2. The Bertz CT molecular complexity index is 1120. The van der Waals surface area contributed by atoms with Crippen molar-refractivity contribution in [2.45, 2.75) is 42.7 Å². The van der Waals surface area contributed by atoms with E-state index in [0.717, 1.165) is 29.6 Å². The second-order valence-corrected chi connectivity index (χ2v) is 8.60. The number of ether oxygens (including phenoxy) is 1. The lowest BCUT2D eigenvalue weighted by Crippen LogP contribution is -2.73. The summed E-state index contributed by atoms with van der Waals surface area (Å²) in [5.41, 5.74) is 4.04. The van der Waals surface area contributed by atoms with Crippen molar-refractivity contribution >= 4 is 10.9 Å². The fourth-order valence-corrected chi connectivity index (χ4v) is 6.27. The van der Waals surface area contributed by atoms with E-state index in [-0.39, 0.29) is 11.8 Å². The quantitative estimate of drug-likeness (QED) is 0.526. The number of phenolic OH excluding ortho intramolecular Hbond substituents is 1. The van der Waals surface area contributed by atoms with Crippen LogP contribution in [0.25, 0.3) is 10.9 Å². The van der Waals surface area contributed by atoms with E-state index in [9.17, 15) is 10.2 Å². The zero-order chi connectivity index (χ0) is 19.1. The molecule has 3 atom stereocenters. The zero-order valence-corrected chi connectivity index (χ0v) is 15.9. The summed E-state index contributed by atoms with van der Waals surface area (Å²) in [5.74, 6) is 0.674. The van der Waals surface area contributed by atoms with Crippen molar-refractivity contribution in [3.8, 4) is 11.5 Å². The Morgan fingerprint density at radius 1 is 1.14 bits per heavy atom. The average Bonchev–Trinajstić information content (AvgIpc) is 3.02. The minimum Gasteiger partial charge on any atom is -0.504 e. The zero-order valence-electron chi connectivity index (χ0n) is 15.9. The van der Waals surface area contributed by atoms with Gasteiger partial charge >= 0.3 is 0 Å². The Labute approximate surface area is 163 Å². The number of aromatic hydroxyl groups is 1. The highest BCUT2D eigenvalue weighted by Gasteiger charge is 2.64. The van der Waals surface area contributed by atoms with E-state index in [2.05, 4.69) is 34.6 Å². The lowest BCUT2D eigenvalue weighted by molar-refractivity contribution is -0.106. The molecule has 0 unspecified atom stereocenters. The second kappa shape index (κ2) is 5.31. The predicted molar refractivity (Wildman–Crippen MR) is 107 cm³/mol. The van der Waals surface area contributed by atoms with E-state index in [4.69, 9.17) is 4.74 Å². The van der Waals surface area contributed by atoms with Crippen LogP contribution in [-0.4, -0.2) is 40.5 Å². The van der Waals surface area contributed by atoms with Crippen molar-refractivity contribution in [1.82, 2.24) is 10.3 Å². The number of nitrogens with one attached hydrogen (secondary N) is 2.